The Labute approximate surface area is 113 Å². The summed E-state index contributed by atoms with van der Waals surface area (Å²) in [5.41, 5.74) is 1.30. The third-order valence-corrected chi connectivity index (χ3v) is 2.86. The summed E-state index contributed by atoms with van der Waals surface area (Å²) in [7, 11) is 0. The van der Waals surface area contributed by atoms with Crippen LogP contribution < -0.4 is 10.1 Å². The molecule has 100 valence electrons. The molecule has 0 amide bonds. The van der Waals surface area contributed by atoms with Crippen LogP contribution in [0.1, 0.15) is 25.3 Å². The van der Waals surface area contributed by atoms with E-state index in [2.05, 4.69) is 46.5 Å². The van der Waals surface area contributed by atoms with Crippen LogP contribution in [-0.4, -0.2) is 23.1 Å². The van der Waals surface area contributed by atoms with E-state index in [0.717, 1.165) is 6.54 Å². The van der Waals surface area contributed by atoms with Crippen LogP contribution in [0.4, 0.5) is 5.95 Å². The van der Waals surface area contributed by atoms with Crippen molar-refractivity contribution >= 4 is 5.95 Å². The molecule has 0 saturated heterocycles. The highest BCUT2D eigenvalue weighted by Gasteiger charge is 2.06. The molecular formula is C15H19N3O. The van der Waals surface area contributed by atoms with E-state index in [0.29, 0.717) is 24.4 Å². The summed E-state index contributed by atoms with van der Waals surface area (Å²) in [5.74, 6) is 1.61. The summed E-state index contributed by atoms with van der Waals surface area (Å²) in [6.07, 6.45) is 1.70. The maximum atomic E-state index is 5.35. The van der Waals surface area contributed by atoms with Crippen molar-refractivity contribution in [2.45, 2.75) is 19.8 Å². The van der Waals surface area contributed by atoms with Crippen molar-refractivity contribution < 1.29 is 4.74 Å². The van der Waals surface area contributed by atoms with Crippen LogP contribution in [-0.2, 0) is 0 Å². The van der Waals surface area contributed by atoms with E-state index in [4.69, 9.17) is 4.74 Å². The summed E-state index contributed by atoms with van der Waals surface area (Å²) >= 11 is 0. The van der Waals surface area contributed by atoms with E-state index in [-0.39, 0.29) is 0 Å². The topological polar surface area (TPSA) is 47.0 Å². The monoisotopic (exact) mass is 257 g/mol. The van der Waals surface area contributed by atoms with E-state index in [9.17, 15) is 0 Å². The number of ether oxygens (including phenoxy) is 1. The normalized spacial score (nSPS) is 11.9. The Balaban J connectivity index is 1.93. The van der Waals surface area contributed by atoms with Crippen molar-refractivity contribution in [1.82, 2.24) is 9.97 Å². The minimum absolute atomic E-state index is 0.403. The predicted octanol–water partition coefficient (Wildman–Crippen LogP) is 3.09. The van der Waals surface area contributed by atoms with Gasteiger partial charge in [-0.05, 0) is 18.4 Å². The number of nitrogens with zero attached hydrogens (tertiary/aromatic N) is 2. The van der Waals surface area contributed by atoms with Gasteiger partial charge in [0.2, 0.25) is 11.8 Å². The lowest BCUT2D eigenvalue weighted by atomic mass is 10.0. The molecule has 1 N–H and O–H groups in total. The molecule has 0 fully saturated rings. The molecule has 0 spiro atoms. The van der Waals surface area contributed by atoms with Gasteiger partial charge in [-0.25, -0.2) is 4.98 Å². The largest absolute Gasteiger partial charge is 0.478 e. The highest BCUT2D eigenvalue weighted by atomic mass is 16.5. The van der Waals surface area contributed by atoms with E-state index in [1.54, 1.807) is 12.3 Å². The summed E-state index contributed by atoms with van der Waals surface area (Å²) in [6.45, 7) is 5.51. The van der Waals surface area contributed by atoms with Crippen LogP contribution in [0.2, 0.25) is 0 Å². The molecular weight excluding hydrogens is 238 g/mol. The number of anilines is 1. The van der Waals surface area contributed by atoms with Crippen LogP contribution in [0.15, 0.2) is 42.6 Å². The molecule has 0 bridgehead atoms. The first-order valence-electron chi connectivity index (χ1n) is 6.54. The van der Waals surface area contributed by atoms with Crippen molar-refractivity contribution in [3.05, 3.63) is 48.2 Å². The predicted molar refractivity (Wildman–Crippen MR) is 76.5 cm³/mol. The number of hydrogen-bond donors (Lipinski definition) is 1. The standard InChI is InChI=1S/C15H19N3O/c1-3-19-14-9-10-16-15(18-14)17-11-12(2)13-7-5-4-6-8-13/h4-10,12H,3,11H2,1-2H3,(H,16,17,18). The third kappa shape index (κ3) is 3.95. The average molecular weight is 257 g/mol. The van der Waals surface area contributed by atoms with E-state index >= 15 is 0 Å². The molecule has 4 heteroatoms. The Hall–Kier alpha value is -2.10. The first-order valence-corrected chi connectivity index (χ1v) is 6.54. The van der Waals surface area contributed by atoms with Crippen molar-refractivity contribution in [1.29, 1.82) is 0 Å². The van der Waals surface area contributed by atoms with Crippen LogP contribution >= 0.6 is 0 Å². The maximum absolute atomic E-state index is 5.35. The smallest absolute Gasteiger partial charge is 0.225 e. The highest BCUT2D eigenvalue weighted by Crippen LogP contribution is 2.15. The Morgan fingerprint density at radius 3 is 2.74 bits per heavy atom. The zero-order chi connectivity index (χ0) is 13.5. The fraction of sp³-hybridized carbons (Fsp3) is 0.333. The Bertz CT molecular complexity index is 502. The van der Waals surface area contributed by atoms with Crippen LogP contribution in [0.25, 0.3) is 0 Å². The molecule has 0 aliphatic heterocycles. The van der Waals surface area contributed by atoms with Gasteiger partial charge in [0.05, 0.1) is 6.61 Å². The second-order valence-electron chi connectivity index (χ2n) is 4.34. The zero-order valence-corrected chi connectivity index (χ0v) is 11.3. The third-order valence-electron chi connectivity index (χ3n) is 2.86. The molecule has 1 aromatic carbocycles. The quantitative estimate of drug-likeness (QED) is 0.863. The maximum Gasteiger partial charge on any atom is 0.225 e. The summed E-state index contributed by atoms with van der Waals surface area (Å²) in [6, 6.07) is 12.2. The molecule has 0 saturated carbocycles. The molecule has 0 aliphatic carbocycles. The van der Waals surface area contributed by atoms with Gasteiger partial charge in [-0.15, -0.1) is 0 Å². The van der Waals surface area contributed by atoms with Crippen molar-refractivity contribution in [2.24, 2.45) is 0 Å². The Morgan fingerprint density at radius 2 is 2.00 bits per heavy atom. The Kier molecular flexibility index (Phi) is 4.72. The number of aromatic nitrogens is 2. The first-order chi connectivity index (χ1) is 9.29. The highest BCUT2D eigenvalue weighted by molar-refractivity contribution is 5.29. The molecule has 1 unspecified atom stereocenters. The van der Waals surface area contributed by atoms with E-state index in [1.165, 1.54) is 5.56 Å². The molecule has 1 aromatic heterocycles. The summed E-state index contributed by atoms with van der Waals surface area (Å²) in [4.78, 5) is 8.47. The lowest BCUT2D eigenvalue weighted by Gasteiger charge is -2.13. The van der Waals surface area contributed by atoms with Gasteiger partial charge in [0.15, 0.2) is 0 Å². The molecule has 1 atom stereocenters. The molecule has 4 nitrogen and oxygen atoms in total. The SMILES string of the molecule is CCOc1ccnc(NCC(C)c2ccccc2)n1. The molecule has 2 aromatic rings. The molecule has 0 aliphatic rings. The van der Waals surface area contributed by atoms with Crippen LogP contribution in [0.5, 0.6) is 5.88 Å². The molecule has 1 heterocycles. The van der Waals surface area contributed by atoms with Crippen molar-refractivity contribution in [3.8, 4) is 5.88 Å². The second kappa shape index (κ2) is 6.73. The minimum atomic E-state index is 0.403. The number of nitrogens with one attached hydrogen (secondary N) is 1. The van der Waals surface area contributed by atoms with Crippen molar-refractivity contribution in [3.63, 3.8) is 0 Å². The second-order valence-corrected chi connectivity index (χ2v) is 4.34. The molecule has 2 rings (SSSR count). The zero-order valence-electron chi connectivity index (χ0n) is 11.3. The van der Waals surface area contributed by atoms with Gasteiger partial charge in [-0.2, -0.15) is 4.98 Å². The van der Waals surface area contributed by atoms with Crippen LogP contribution in [0, 0.1) is 0 Å². The first kappa shape index (κ1) is 13.3. The lowest BCUT2D eigenvalue weighted by molar-refractivity contribution is 0.326. The molecule has 0 radical (unpaired) electrons. The fourth-order valence-corrected chi connectivity index (χ4v) is 1.80. The van der Waals surface area contributed by atoms with Gasteiger partial charge in [0.25, 0.3) is 0 Å². The van der Waals surface area contributed by atoms with E-state index in [1.807, 2.05) is 13.0 Å². The number of rotatable bonds is 6. The van der Waals surface area contributed by atoms with E-state index < -0.39 is 0 Å². The van der Waals surface area contributed by atoms with Gasteiger partial charge in [0.1, 0.15) is 0 Å². The molecule has 19 heavy (non-hydrogen) atoms. The van der Waals surface area contributed by atoms with Crippen molar-refractivity contribution in [2.75, 3.05) is 18.5 Å². The Morgan fingerprint density at radius 1 is 1.21 bits per heavy atom. The fourth-order valence-electron chi connectivity index (χ4n) is 1.80. The number of hydrogen-bond acceptors (Lipinski definition) is 4. The van der Waals surface area contributed by atoms with Crippen LogP contribution in [0.3, 0.4) is 0 Å². The summed E-state index contributed by atoms with van der Waals surface area (Å²) in [5, 5.41) is 3.24. The van der Waals surface area contributed by atoms with Gasteiger partial charge >= 0.3 is 0 Å². The van der Waals surface area contributed by atoms with Gasteiger partial charge in [0, 0.05) is 18.8 Å². The van der Waals surface area contributed by atoms with Gasteiger partial charge in [-0.1, -0.05) is 37.3 Å². The minimum Gasteiger partial charge on any atom is -0.478 e. The number of benzene rings is 1. The summed E-state index contributed by atoms with van der Waals surface area (Å²) < 4.78 is 5.35. The van der Waals surface area contributed by atoms with Gasteiger partial charge < -0.3 is 10.1 Å². The van der Waals surface area contributed by atoms with Gasteiger partial charge in [-0.3, -0.25) is 0 Å². The lowest BCUT2D eigenvalue weighted by Crippen LogP contribution is -2.12. The average Bonchev–Trinajstić information content (AvgIpc) is 2.46.